The Morgan fingerprint density at radius 1 is 0.909 bits per heavy atom. The first kappa shape index (κ1) is 14.6. The van der Waals surface area contributed by atoms with E-state index in [1.807, 2.05) is 30.3 Å². The van der Waals surface area contributed by atoms with Crippen molar-refractivity contribution in [3.63, 3.8) is 0 Å². The fraction of sp³-hybridized carbons (Fsp3) is 0.105. The Kier molecular flexibility index (Phi) is 4.40. The molecular weight excluding hydrogens is 294 g/mol. The molecule has 1 N–H and O–H groups in total. The maximum absolute atomic E-state index is 12.1. The summed E-state index contributed by atoms with van der Waals surface area (Å²) >= 11 is 6.03. The van der Waals surface area contributed by atoms with Gasteiger partial charge in [-0.15, -0.1) is 0 Å². The summed E-state index contributed by atoms with van der Waals surface area (Å²) in [4.78, 5) is 12.1. The Morgan fingerprint density at radius 2 is 1.64 bits per heavy atom. The summed E-state index contributed by atoms with van der Waals surface area (Å²) in [5.41, 5.74) is 1.75. The van der Waals surface area contributed by atoms with Crippen LogP contribution >= 0.6 is 11.6 Å². The first-order valence-electron chi connectivity index (χ1n) is 7.25. The zero-order valence-corrected chi connectivity index (χ0v) is 12.8. The first-order valence-corrected chi connectivity index (χ1v) is 7.63. The van der Waals surface area contributed by atoms with Crippen LogP contribution in [0.5, 0.6) is 0 Å². The Balaban J connectivity index is 1.68. The van der Waals surface area contributed by atoms with Gasteiger partial charge in [0.25, 0.3) is 5.91 Å². The second-order valence-corrected chi connectivity index (χ2v) is 5.53. The molecule has 0 spiro atoms. The van der Waals surface area contributed by atoms with Crippen LogP contribution in [-0.2, 0) is 6.42 Å². The summed E-state index contributed by atoms with van der Waals surface area (Å²) in [5.74, 6) is -0.133. The van der Waals surface area contributed by atoms with E-state index in [9.17, 15) is 4.79 Å². The van der Waals surface area contributed by atoms with Crippen molar-refractivity contribution in [1.29, 1.82) is 0 Å². The summed E-state index contributed by atoms with van der Waals surface area (Å²) in [6.45, 7) is 0.581. The van der Waals surface area contributed by atoms with Crippen molar-refractivity contribution in [3.8, 4) is 0 Å². The molecule has 0 aliphatic rings. The maximum Gasteiger partial charge on any atom is 0.252 e. The van der Waals surface area contributed by atoms with E-state index in [-0.39, 0.29) is 5.91 Å². The van der Waals surface area contributed by atoms with Gasteiger partial charge in [-0.05, 0) is 34.9 Å². The number of fused-ring (bicyclic) bond motifs is 1. The molecule has 2 nitrogen and oxygen atoms in total. The molecule has 0 aromatic heterocycles. The standard InChI is InChI=1S/C19H16ClNO/c20-18-11-4-3-10-17(18)19(22)21-13-12-15-8-5-7-14-6-1-2-9-16(14)15/h1-11H,12-13H2,(H,21,22). The molecule has 0 bridgehead atoms. The minimum absolute atomic E-state index is 0.133. The topological polar surface area (TPSA) is 29.1 Å². The van der Waals surface area contributed by atoms with E-state index in [4.69, 9.17) is 11.6 Å². The van der Waals surface area contributed by atoms with Gasteiger partial charge in [-0.2, -0.15) is 0 Å². The minimum Gasteiger partial charge on any atom is -0.352 e. The molecule has 0 saturated carbocycles. The van der Waals surface area contributed by atoms with E-state index in [2.05, 4.69) is 29.6 Å². The number of nitrogens with one attached hydrogen (secondary N) is 1. The Morgan fingerprint density at radius 3 is 2.50 bits per heavy atom. The van der Waals surface area contributed by atoms with Crippen molar-refractivity contribution < 1.29 is 4.79 Å². The molecule has 3 aromatic rings. The van der Waals surface area contributed by atoms with Gasteiger partial charge < -0.3 is 5.32 Å². The first-order chi connectivity index (χ1) is 10.8. The van der Waals surface area contributed by atoms with Crippen LogP contribution in [0.2, 0.25) is 5.02 Å². The Hall–Kier alpha value is -2.32. The van der Waals surface area contributed by atoms with Gasteiger partial charge in [0, 0.05) is 6.54 Å². The second-order valence-electron chi connectivity index (χ2n) is 5.12. The molecule has 22 heavy (non-hydrogen) atoms. The minimum atomic E-state index is -0.133. The number of carbonyl (C=O) groups excluding carboxylic acids is 1. The number of hydrogen-bond acceptors (Lipinski definition) is 1. The number of amides is 1. The van der Waals surface area contributed by atoms with E-state index >= 15 is 0 Å². The zero-order valence-electron chi connectivity index (χ0n) is 12.1. The van der Waals surface area contributed by atoms with Crippen molar-refractivity contribution in [1.82, 2.24) is 5.32 Å². The highest BCUT2D eigenvalue weighted by atomic mass is 35.5. The van der Waals surface area contributed by atoms with Crippen molar-refractivity contribution in [3.05, 3.63) is 82.9 Å². The summed E-state index contributed by atoms with van der Waals surface area (Å²) < 4.78 is 0. The lowest BCUT2D eigenvalue weighted by Gasteiger charge is -2.09. The average Bonchev–Trinajstić information content (AvgIpc) is 2.55. The third-order valence-corrected chi connectivity index (χ3v) is 4.01. The van der Waals surface area contributed by atoms with Crippen molar-refractivity contribution >= 4 is 28.3 Å². The number of hydrogen-bond donors (Lipinski definition) is 1. The van der Waals surface area contributed by atoms with Crippen molar-refractivity contribution in [2.75, 3.05) is 6.54 Å². The molecule has 3 aromatic carbocycles. The molecule has 0 atom stereocenters. The van der Waals surface area contributed by atoms with E-state index in [1.54, 1.807) is 12.1 Å². The number of rotatable bonds is 4. The van der Waals surface area contributed by atoms with Gasteiger partial charge in [0.05, 0.1) is 10.6 Å². The monoisotopic (exact) mass is 309 g/mol. The fourth-order valence-corrected chi connectivity index (χ4v) is 2.78. The quantitative estimate of drug-likeness (QED) is 0.757. The number of carbonyl (C=O) groups is 1. The molecule has 0 fully saturated rings. The average molecular weight is 310 g/mol. The summed E-state index contributed by atoms with van der Waals surface area (Å²) in [7, 11) is 0. The van der Waals surface area contributed by atoms with E-state index < -0.39 is 0 Å². The van der Waals surface area contributed by atoms with Gasteiger partial charge in [0.1, 0.15) is 0 Å². The van der Waals surface area contributed by atoms with Gasteiger partial charge >= 0.3 is 0 Å². The molecule has 3 heteroatoms. The third kappa shape index (κ3) is 3.12. The zero-order chi connectivity index (χ0) is 15.4. The third-order valence-electron chi connectivity index (χ3n) is 3.68. The van der Waals surface area contributed by atoms with Crippen LogP contribution in [0.25, 0.3) is 10.8 Å². The molecule has 0 aliphatic heterocycles. The predicted molar refractivity (Wildman–Crippen MR) is 91.4 cm³/mol. The number of halogens is 1. The van der Waals surface area contributed by atoms with Gasteiger partial charge in [-0.25, -0.2) is 0 Å². The molecular formula is C19H16ClNO. The lowest BCUT2D eigenvalue weighted by atomic mass is 10.0. The van der Waals surface area contributed by atoms with E-state index in [1.165, 1.54) is 16.3 Å². The maximum atomic E-state index is 12.1. The van der Waals surface area contributed by atoms with Gasteiger partial charge in [0.15, 0.2) is 0 Å². The van der Waals surface area contributed by atoms with Crippen LogP contribution in [0.15, 0.2) is 66.7 Å². The molecule has 0 unspecified atom stereocenters. The fourth-order valence-electron chi connectivity index (χ4n) is 2.56. The highest BCUT2D eigenvalue weighted by Crippen LogP contribution is 2.19. The van der Waals surface area contributed by atoms with Crippen LogP contribution in [-0.4, -0.2) is 12.5 Å². The SMILES string of the molecule is O=C(NCCc1cccc2ccccc12)c1ccccc1Cl. The highest BCUT2D eigenvalue weighted by molar-refractivity contribution is 6.33. The Labute approximate surface area is 134 Å². The van der Waals surface area contributed by atoms with Crippen LogP contribution in [0.4, 0.5) is 0 Å². The normalized spacial score (nSPS) is 10.6. The molecule has 1 amide bonds. The Bertz CT molecular complexity index is 808. The van der Waals surface area contributed by atoms with Crippen LogP contribution < -0.4 is 5.32 Å². The molecule has 0 radical (unpaired) electrons. The van der Waals surface area contributed by atoms with E-state index in [0.29, 0.717) is 17.1 Å². The van der Waals surface area contributed by atoms with Gasteiger partial charge in [-0.1, -0.05) is 66.2 Å². The smallest absolute Gasteiger partial charge is 0.252 e. The largest absolute Gasteiger partial charge is 0.352 e. The van der Waals surface area contributed by atoms with Crippen LogP contribution in [0.3, 0.4) is 0 Å². The number of benzene rings is 3. The molecule has 3 rings (SSSR count). The van der Waals surface area contributed by atoms with Crippen LogP contribution in [0, 0.1) is 0 Å². The second kappa shape index (κ2) is 6.63. The lowest BCUT2D eigenvalue weighted by molar-refractivity contribution is 0.0954. The summed E-state index contributed by atoms with van der Waals surface area (Å²) in [5, 5.41) is 5.86. The van der Waals surface area contributed by atoms with Crippen LogP contribution in [0.1, 0.15) is 15.9 Å². The van der Waals surface area contributed by atoms with Crippen molar-refractivity contribution in [2.24, 2.45) is 0 Å². The molecule has 110 valence electrons. The molecule has 0 aliphatic carbocycles. The predicted octanol–water partition coefficient (Wildman–Crippen LogP) is 4.47. The highest BCUT2D eigenvalue weighted by Gasteiger charge is 2.08. The van der Waals surface area contributed by atoms with Gasteiger partial charge in [0.2, 0.25) is 0 Å². The molecule has 0 heterocycles. The van der Waals surface area contributed by atoms with E-state index in [0.717, 1.165) is 6.42 Å². The molecule has 0 saturated heterocycles. The summed E-state index contributed by atoms with van der Waals surface area (Å²) in [6.07, 6.45) is 0.789. The lowest BCUT2D eigenvalue weighted by Crippen LogP contribution is -2.25. The van der Waals surface area contributed by atoms with Gasteiger partial charge in [-0.3, -0.25) is 4.79 Å². The summed E-state index contributed by atoms with van der Waals surface area (Å²) in [6, 6.07) is 21.6. The van der Waals surface area contributed by atoms with Crippen molar-refractivity contribution in [2.45, 2.75) is 6.42 Å².